The zero-order valence-corrected chi connectivity index (χ0v) is 29.0. The molecule has 4 aliphatic carbocycles. The monoisotopic (exact) mass is 558 g/mol. The van der Waals surface area contributed by atoms with E-state index in [4.69, 9.17) is 13.6 Å². The molecule has 216 valence electrons. The molecule has 3 saturated carbocycles. The zero-order chi connectivity index (χ0) is 28.3. The summed E-state index contributed by atoms with van der Waals surface area (Å²) in [6.07, 6.45) is 13.1. The minimum absolute atomic E-state index is 0.0556. The van der Waals surface area contributed by atoms with Crippen molar-refractivity contribution in [1.29, 1.82) is 0 Å². The van der Waals surface area contributed by atoms with Crippen molar-refractivity contribution in [1.82, 2.24) is 0 Å². The standard InChI is InChI=1S/C33H58O3Si2/c1-22-33(34-22)19-17-26-25-15-14-23-20-24(35-37(10,11)29(2,3)4)21-28(36-38(12,13)30(5,6)7)32(23,9)27(25)16-18-31(26,33)8/h14-15,22,24,26-28H,16-21H2,1-13H3/t22?,24-,26+,27+,28+,31+,32+,33+/m1/s1. The molecule has 1 unspecified atom stereocenters. The lowest BCUT2D eigenvalue weighted by Gasteiger charge is -2.59. The molecule has 0 bridgehead atoms. The predicted octanol–water partition coefficient (Wildman–Crippen LogP) is 9.42. The smallest absolute Gasteiger partial charge is 0.192 e. The van der Waals surface area contributed by atoms with Gasteiger partial charge in [-0.3, -0.25) is 0 Å². The molecular weight excluding hydrogens is 501 g/mol. The Balaban J connectivity index is 1.52. The number of ether oxygens (including phenoxy) is 1. The van der Waals surface area contributed by atoms with E-state index < -0.39 is 16.6 Å². The van der Waals surface area contributed by atoms with Gasteiger partial charge in [-0.25, -0.2) is 0 Å². The molecule has 1 spiro atoms. The van der Waals surface area contributed by atoms with Crippen LogP contribution in [-0.2, 0) is 13.6 Å². The van der Waals surface area contributed by atoms with Gasteiger partial charge < -0.3 is 13.6 Å². The first-order valence-corrected chi connectivity index (χ1v) is 21.5. The Morgan fingerprint density at radius 3 is 1.95 bits per heavy atom. The van der Waals surface area contributed by atoms with Gasteiger partial charge in [-0.1, -0.05) is 78.7 Å². The fourth-order valence-electron chi connectivity index (χ4n) is 8.57. The predicted molar refractivity (Wildman–Crippen MR) is 164 cm³/mol. The molecule has 1 aliphatic heterocycles. The Labute approximate surface area is 236 Å². The molecular formula is C33H58O3Si2. The van der Waals surface area contributed by atoms with Crippen molar-refractivity contribution in [2.75, 3.05) is 0 Å². The van der Waals surface area contributed by atoms with Crippen LogP contribution in [0, 0.1) is 22.7 Å². The number of epoxide rings is 1. The number of hydrogen-bond acceptors (Lipinski definition) is 3. The molecule has 1 heterocycles. The highest BCUT2D eigenvalue weighted by molar-refractivity contribution is 6.74. The van der Waals surface area contributed by atoms with E-state index in [1.54, 1.807) is 11.1 Å². The molecule has 1 saturated heterocycles. The Kier molecular flexibility index (Phi) is 6.67. The summed E-state index contributed by atoms with van der Waals surface area (Å²) in [5.41, 5.74) is 3.80. The van der Waals surface area contributed by atoms with Gasteiger partial charge in [0.15, 0.2) is 16.6 Å². The number of rotatable bonds is 4. The summed E-state index contributed by atoms with van der Waals surface area (Å²) >= 11 is 0. The molecule has 8 atom stereocenters. The lowest BCUT2D eigenvalue weighted by atomic mass is 9.49. The van der Waals surface area contributed by atoms with Gasteiger partial charge >= 0.3 is 0 Å². The summed E-state index contributed by atoms with van der Waals surface area (Å²) < 4.78 is 21.0. The van der Waals surface area contributed by atoms with Crippen LogP contribution >= 0.6 is 0 Å². The molecule has 4 fully saturated rings. The summed E-state index contributed by atoms with van der Waals surface area (Å²) in [4.78, 5) is 0. The SMILES string of the molecule is CC1O[C@@]12CC[C@H]1C3=CC=C4C[C@@H](O[Si](C)(C)C(C)(C)C)C[C@H](O[Si](C)(C)C(C)(C)C)[C@]4(C)[C@H]3CC[C@@]12C. The van der Waals surface area contributed by atoms with E-state index in [-0.39, 0.29) is 38.7 Å². The Bertz CT molecular complexity index is 1030. The fourth-order valence-corrected chi connectivity index (χ4v) is 11.3. The quantitative estimate of drug-likeness (QED) is 0.254. The third-order valence-corrected chi connectivity index (χ3v) is 22.3. The zero-order valence-electron chi connectivity index (χ0n) is 27.0. The van der Waals surface area contributed by atoms with E-state index in [0.717, 1.165) is 12.8 Å². The summed E-state index contributed by atoms with van der Waals surface area (Å²) in [6.45, 7) is 31.4. The number of fused-ring (bicyclic) bond motifs is 6. The maximum atomic E-state index is 7.48. The summed E-state index contributed by atoms with van der Waals surface area (Å²) in [5.74, 6) is 1.23. The molecule has 3 nitrogen and oxygen atoms in total. The molecule has 5 rings (SSSR count). The average Bonchev–Trinajstić information content (AvgIpc) is 3.33. The van der Waals surface area contributed by atoms with Gasteiger partial charge in [-0.15, -0.1) is 0 Å². The minimum Gasteiger partial charge on any atom is -0.414 e. The summed E-state index contributed by atoms with van der Waals surface area (Å²) in [7, 11) is -3.85. The first-order valence-electron chi connectivity index (χ1n) is 15.6. The molecule has 0 amide bonds. The van der Waals surface area contributed by atoms with E-state index in [1.807, 2.05) is 0 Å². The lowest BCUT2D eigenvalue weighted by molar-refractivity contribution is -0.0445. The highest BCUT2D eigenvalue weighted by atomic mass is 28.4. The first-order chi connectivity index (χ1) is 17.2. The van der Waals surface area contributed by atoms with Crippen LogP contribution in [0.4, 0.5) is 0 Å². The molecule has 0 N–H and O–H groups in total. The van der Waals surface area contributed by atoms with Crippen molar-refractivity contribution in [3.05, 3.63) is 23.3 Å². The van der Waals surface area contributed by atoms with Gasteiger partial charge in [0.25, 0.3) is 0 Å². The van der Waals surface area contributed by atoms with Gasteiger partial charge in [0.05, 0.1) is 18.3 Å². The van der Waals surface area contributed by atoms with Gasteiger partial charge in [0.1, 0.15) is 5.60 Å². The fraction of sp³-hybridized carbons (Fsp3) is 0.879. The van der Waals surface area contributed by atoms with Crippen LogP contribution in [-0.4, -0.2) is 40.5 Å². The molecule has 38 heavy (non-hydrogen) atoms. The Morgan fingerprint density at radius 1 is 0.842 bits per heavy atom. The second kappa shape index (κ2) is 8.66. The number of hydrogen-bond donors (Lipinski definition) is 0. The van der Waals surface area contributed by atoms with E-state index >= 15 is 0 Å². The second-order valence-electron chi connectivity index (χ2n) is 17.2. The van der Waals surface area contributed by atoms with Crippen molar-refractivity contribution in [3.63, 3.8) is 0 Å². The molecule has 0 aromatic carbocycles. The third-order valence-electron chi connectivity index (χ3n) is 13.3. The van der Waals surface area contributed by atoms with Crippen molar-refractivity contribution in [3.8, 4) is 0 Å². The Hall–Kier alpha value is -0.206. The maximum absolute atomic E-state index is 7.48. The molecule has 5 heteroatoms. The Morgan fingerprint density at radius 2 is 1.39 bits per heavy atom. The topological polar surface area (TPSA) is 31.0 Å². The van der Waals surface area contributed by atoms with Crippen LogP contribution < -0.4 is 0 Å². The number of allylic oxidation sites excluding steroid dienone is 3. The van der Waals surface area contributed by atoms with Crippen molar-refractivity contribution in [2.24, 2.45) is 22.7 Å². The molecule has 0 radical (unpaired) electrons. The van der Waals surface area contributed by atoms with Crippen molar-refractivity contribution >= 4 is 16.6 Å². The largest absolute Gasteiger partial charge is 0.414 e. The van der Waals surface area contributed by atoms with Crippen LogP contribution in [0.1, 0.15) is 101 Å². The van der Waals surface area contributed by atoms with E-state index in [1.165, 1.54) is 25.7 Å². The molecule has 0 aromatic rings. The summed E-state index contributed by atoms with van der Waals surface area (Å²) in [6, 6.07) is 0. The van der Waals surface area contributed by atoms with Gasteiger partial charge in [-0.2, -0.15) is 0 Å². The van der Waals surface area contributed by atoms with Crippen LogP contribution in [0.3, 0.4) is 0 Å². The molecule has 0 aromatic heterocycles. The summed E-state index contributed by atoms with van der Waals surface area (Å²) in [5, 5.41) is 0.405. The minimum atomic E-state index is -1.97. The third kappa shape index (κ3) is 4.10. The van der Waals surface area contributed by atoms with E-state index in [2.05, 4.69) is 101 Å². The van der Waals surface area contributed by atoms with Gasteiger partial charge in [-0.05, 0) is 93.5 Å². The van der Waals surface area contributed by atoms with Gasteiger partial charge in [0, 0.05) is 10.8 Å². The van der Waals surface area contributed by atoms with Crippen LogP contribution in [0.15, 0.2) is 23.3 Å². The van der Waals surface area contributed by atoms with E-state index in [0.29, 0.717) is 17.9 Å². The normalized spacial score (nSPS) is 43.2. The second-order valence-corrected chi connectivity index (χ2v) is 26.7. The first kappa shape index (κ1) is 29.3. The lowest BCUT2D eigenvalue weighted by Crippen LogP contribution is -2.58. The highest BCUT2D eigenvalue weighted by Gasteiger charge is 2.72. The molecule has 5 aliphatic rings. The maximum Gasteiger partial charge on any atom is 0.192 e. The average molecular weight is 559 g/mol. The van der Waals surface area contributed by atoms with Crippen LogP contribution in [0.5, 0.6) is 0 Å². The van der Waals surface area contributed by atoms with Crippen molar-refractivity contribution in [2.45, 2.75) is 161 Å². The highest BCUT2D eigenvalue weighted by Crippen LogP contribution is 2.72. The van der Waals surface area contributed by atoms with Crippen LogP contribution in [0.25, 0.3) is 0 Å². The van der Waals surface area contributed by atoms with Gasteiger partial charge in [0.2, 0.25) is 0 Å². The van der Waals surface area contributed by atoms with E-state index in [9.17, 15) is 0 Å². The van der Waals surface area contributed by atoms with Crippen molar-refractivity contribution < 1.29 is 13.6 Å². The van der Waals surface area contributed by atoms with Crippen LogP contribution in [0.2, 0.25) is 36.3 Å².